The molecule has 1 amide bonds. The van der Waals surface area contributed by atoms with Crippen LogP contribution in [0, 0.1) is 5.82 Å². The van der Waals surface area contributed by atoms with Crippen molar-refractivity contribution in [3.05, 3.63) is 59.9 Å². The van der Waals surface area contributed by atoms with E-state index in [1.807, 2.05) is 0 Å². The standard InChI is InChI=1S/C17H17FN2O3S/c1-22-9-10-23-15-7-5-12(6-8-15)16(21)20-17(24)19-14-4-2-3-13(18)11-14/h2-8,11H,9-10H2,1H3,(H2,19,20,21,24). The number of anilines is 1. The lowest BCUT2D eigenvalue weighted by Gasteiger charge is -2.10. The molecule has 0 saturated heterocycles. The molecule has 0 aliphatic rings. The fourth-order valence-corrected chi connectivity index (χ4v) is 2.06. The van der Waals surface area contributed by atoms with E-state index >= 15 is 0 Å². The maximum absolute atomic E-state index is 13.1. The Kier molecular flexibility index (Phi) is 6.65. The summed E-state index contributed by atoms with van der Waals surface area (Å²) in [7, 11) is 1.59. The zero-order valence-corrected chi connectivity index (χ0v) is 13.9. The Morgan fingerprint density at radius 2 is 1.92 bits per heavy atom. The van der Waals surface area contributed by atoms with Crippen LogP contribution in [0.3, 0.4) is 0 Å². The Morgan fingerprint density at radius 1 is 1.17 bits per heavy atom. The number of benzene rings is 2. The molecule has 0 spiro atoms. The average Bonchev–Trinajstić information content (AvgIpc) is 2.55. The van der Waals surface area contributed by atoms with Gasteiger partial charge in [-0.1, -0.05) is 6.07 Å². The second-order valence-electron chi connectivity index (χ2n) is 4.78. The number of amides is 1. The maximum atomic E-state index is 13.1. The number of ether oxygens (including phenoxy) is 2. The second kappa shape index (κ2) is 8.95. The lowest BCUT2D eigenvalue weighted by atomic mass is 10.2. The number of carbonyl (C=O) groups is 1. The second-order valence-corrected chi connectivity index (χ2v) is 5.19. The van der Waals surface area contributed by atoms with E-state index in [-0.39, 0.29) is 11.0 Å². The molecule has 0 aliphatic heterocycles. The van der Waals surface area contributed by atoms with E-state index in [4.69, 9.17) is 21.7 Å². The predicted octanol–water partition coefficient (Wildman–Crippen LogP) is 2.98. The predicted molar refractivity (Wildman–Crippen MR) is 93.9 cm³/mol. The molecule has 0 heterocycles. The van der Waals surface area contributed by atoms with Crippen LogP contribution in [0.1, 0.15) is 10.4 Å². The summed E-state index contributed by atoms with van der Waals surface area (Å²) in [6, 6.07) is 12.4. The van der Waals surface area contributed by atoms with Crippen LogP contribution in [0.15, 0.2) is 48.5 Å². The Morgan fingerprint density at radius 3 is 2.58 bits per heavy atom. The Bertz CT molecular complexity index is 707. The summed E-state index contributed by atoms with van der Waals surface area (Å²) >= 11 is 5.05. The van der Waals surface area contributed by atoms with E-state index in [0.717, 1.165) is 0 Å². The van der Waals surface area contributed by atoms with Crippen LogP contribution in [0.4, 0.5) is 10.1 Å². The van der Waals surface area contributed by atoms with Crippen molar-refractivity contribution in [3.8, 4) is 5.75 Å². The average molecular weight is 348 g/mol. The van der Waals surface area contributed by atoms with Crippen molar-refractivity contribution in [3.63, 3.8) is 0 Å². The molecular weight excluding hydrogens is 331 g/mol. The van der Waals surface area contributed by atoms with Crippen LogP contribution >= 0.6 is 12.2 Å². The Balaban J connectivity index is 1.88. The molecule has 2 aromatic carbocycles. The van der Waals surface area contributed by atoms with Gasteiger partial charge in [-0.05, 0) is 54.7 Å². The summed E-state index contributed by atoms with van der Waals surface area (Å²) in [5.41, 5.74) is 0.889. The van der Waals surface area contributed by atoms with E-state index in [9.17, 15) is 9.18 Å². The van der Waals surface area contributed by atoms with Gasteiger partial charge in [-0.2, -0.15) is 0 Å². The van der Waals surface area contributed by atoms with E-state index in [1.54, 1.807) is 43.5 Å². The van der Waals surface area contributed by atoms with Crippen molar-refractivity contribution in [1.29, 1.82) is 0 Å². The van der Waals surface area contributed by atoms with Gasteiger partial charge in [0.2, 0.25) is 0 Å². The molecule has 0 fully saturated rings. The van der Waals surface area contributed by atoms with Gasteiger partial charge in [0.1, 0.15) is 18.2 Å². The van der Waals surface area contributed by atoms with Gasteiger partial charge in [0, 0.05) is 18.4 Å². The van der Waals surface area contributed by atoms with Gasteiger partial charge >= 0.3 is 0 Å². The molecule has 0 aromatic heterocycles. The number of nitrogens with one attached hydrogen (secondary N) is 2. The van der Waals surface area contributed by atoms with Crippen LogP contribution in [0.2, 0.25) is 0 Å². The highest BCUT2D eigenvalue weighted by Gasteiger charge is 2.08. The van der Waals surface area contributed by atoms with Crippen molar-refractivity contribution >= 4 is 28.9 Å². The number of methoxy groups -OCH3 is 1. The van der Waals surface area contributed by atoms with Crippen molar-refractivity contribution in [2.45, 2.75) is 0 Å². The van der Waals surface area contributed by atoms with Crippen LogP contribution < -0.4 is 15.4 Å². The quantitative estimate of drug-likeness (QED) is 0.621. The monoisotopic (exact) mass is 348 g/mol. The molecule has 2 aromatic rings. The van der Waals surface area contributed by atoms with Crippen molar-refractivity contribution < 1.29 is 18.7 Å². The summed E-state index contributed by atoms with van der Waals surface area (Å²) in [4.78, 5) is 12.1. The molecule has 0 atom stereocenters. The number of rotatable bonds is 6. The van der Waals surface area contributed by atoms with Gasteiger partial charge in [-0.3, -0.25) is 10.1 Å². The molecule has 2 N–H and O–H groups in total. The fourth-order valence-electron chi connectivity index (χ4n) is 1.85. The van der Waals surface area contributed by atoms with Crippen molar-refractivity contribution in [2.75, 3.05) is 25.6 Å². The molecule has 0 aliphatic carbocycles. The van der Waals surface area contributed by atoms with Gasteiger partial charge in [0.05, 0.1) is 6.61 Å². The van der Waals surface area contributed by atoms with Crippen LogP contribution in [-0.2, 0) is 4.74 Å². The molecule has 5 nitrogen and oxygen atoms in total. The largest absolute Gasteiger partial charge is 0.491 e. The summed E-state index contributed by atoms with van der Waals surface area (Å²) in [6.45, 7) is 0.923. The highest BCUT2D eigenvalue weighted by molar-refractivity contribution is 7.80. The third-order valence-corrected chi connectivity index (χ3v) is 3.19. The molecule has 24 heavy (non-hydrogen) atoms. The molecule has 0 saturated carbocycles. The zero-order valence-electron chi connectivity index (χ0n) is 13.0. The van der Waals surface area contributed by atoms with Gasteiger partial charge in [0.25, 0.3) is 5.91 Å². The highest BCUT2D eigenvalue weighted by Crippen LogP contribution is 2.12. The fraction of sp³-hybridized carbons (Fsp3) is 0.176. The van der Waals surface area contributed by atoms with Crippen LogP contribution in [0.5, 0.6) is 5.75 Å². The summed E-state index contributed by atoms with van der Waals surface area (Å²) < 4.78 is 23.4. The molecule has 0 unspecified atom stereocenters. The lowest BCUT2D eigenvalue weighted by molar-refractivity contribution is 0.0977. The first-order valence-corrected chi connectivity index (χ1v) is 7.59. The number of carbonyl (C=O) groups excluding carboxylic acids is 1. The summed E-state index contributed by atoms with van der Waals surface area (Å²) in [6.07, 6.45) is 0. The molecule has 0 radical (unpaired) electrons. The third-order valence-electron chi connectivity index (χ3n) is 2.98. The van der Waals surface area contributed by atoms with Gasteiger partial charge in [0.15, 0.2) is 5.11 Å². The molecule has 0 bridgehead atoms. The van der Waals surface area contributed by atoms with Crippen molar-refractivity contribution in [1.82, 2.24) is 5.32 Å². The van der Waals surface area contributed by atoms with Crippen LogP contribution in [0.25, 0.3) is 0 Å². The first-order valence-electron chi connectivity index (χ1n) is 7.18. The first-order chi connectivity index (χ1) is 11.6. The van der Waals surface area contributed by atoms with Gasteiger partial charge in [-0.25, -0.2) is 4.39 Å². The van der Waals surface area contributed by atoms with Crippen molar-refractivity contribution in [2.24, 2.45) is 0 Å². The molecule has 2 rings (SSSR count). The lowest BCUT2D eigenvalue weighted by Crippen LogP contribution is -2.34. The topological polar surface area (TPSA) is 59.6 Å². The number of hydrogen-bond acceptors (Lipinski definition) is 4. The highest BCUT2D eigenvalue weighted by atomic mass is 32.1. The minimum Gasteiger partial charge on any atom is -0.491 e. The van der Waals surface area contributed by atoms with E-state index in [0.29, 0.717) is 30.2 Å². The zero-order chi connectivity index (χ0) is 17.4. The van der Waals surface area contributed by atoms with E-state index < -0.39 is 5.82 Å². The minimum absolute atomic E-state index is 0.0889. The first kappa shape index (κ1) is 17.8. The van der Waals surface area contributed by atoms with Gasteiger partial charge < -0.3 is 14.8 Å². The van der Waals surface area contributed by atoms with Crippen LogP contribution in [-0.4, -0.2) is 31.3 Å². The number of hydrogen-bond donors (Lipinski definition) is 2. The number of halogens is 1. The molecule has 7 heteroatoms. The van der Waals surface area contributed by atoms with E-state index in [1.165, 1.54) is 12.1 Å². The summed E-state index contributed by atoms with van der Waals surface area (Å²) in [5.74, 6) is -0.116. The third kappa shape index (κ3) is 5.60. The Labute approximate surface area is 144 Å². The minimum atomic E-state index is -0.391. The van der Waals surface area contributed by atoms with E-state index in [2.05, 4.69) is 10.6 Å². The molecule has 126 valence electrons. The number of thiocarbonyl (C=S) groups is 1. The maximum Gasteiger partial charge on any atom is 0.257 e. The Hall–Kier alpha value is -2.51. The van der Waals surface area contributed by atoms with Gasteiger partial charge in [-0.15, -0.1) is 0 Å². The molecular formula is C17H17FN2O3S. The SMILES string of the molecule is COCCOc1ccc(C(=O)NC(=S)Nc2cccc(F)c2)cc1. The normalized spacial score (nSPS) is 10.1. The summed E-state index contributed by atoms with van der Waals surface area (Å²) in [5, 5.41) is 5.37. The smallest absolute Gasteiger partial charge is 0.257 e.